The zero-order valence-corrected chi connectivity index (χ0v) is 6.84. The van der Waals surface area contributed by atoms with Gasteiger partial charge in [-0.25, -0.2) is 9.50 Å². The highest BCUT2D eigenvalue weighted by molar-refractivity contribution is 5.96. The summed E-state index contributed by atoms with van der Waals surface area (Å²) < 4.78 is 1.48. The Morgan fingerprint density at radius 1 is 1.54 bits per heavy atom. The van der Waals surface area contributed by atoms with Gasteiger partial charge in [0.25, 0.3) is 0 Å². The number of nitrogens with zero attached hydrogens (tertiary/aromatic N) is 3. The smallest absolute Gasteiger partial charge is 0.194 e. The largest absolute Gasteiger partial charge is 0.324 e. The van der Waals surface area contributed by atoms with Crippen molar-refractivity contribution in [3.63, 3.8) is 0 Å². The van der Waals surface area contributed by atoms with Crippen molar-refractivity contribution in [3.8, 4) is 0 Å². The van der Waals surface area contributed by atoms with Crippen LogP contribution in [0.3, 0.4) is 0 Å². The molecule has 0 saturated heterocycles. The summed E-state index contributed by atoms with van der Waals surface area (Å²) in [6.45, 7) is -0.0149. The van der Waals surface area contributed by atoms with Gasteiger partial charge in [-0.2, -0.15) is 5.10 Å². The lowest BCUT2D eigenvalue weighted by atomic mass is 10.2. The summed E-state index contributed by atoms with van der Waals surface area (Å²) in [7, 11) is 0. The van der Waals surface area contributed by atoms with Gasteiger partial charge in [-0.15, -0.1) is 0 Å². The number of fused-ring (bicyclic) bond motifs is 1. The Bertz CT molecular complexity index is 448. The highest BCUT2D eigenvalue weighted by Crippen LogP contribution is 2.03. The van der Waals surface area contributed by atoms with E-state index >= 15 is 0 Å². The minimum atomic E-state index is -0.142. The number of ketones is 1. The van der Waals surface area contributed by atoms with Gasteiger partial charge in [0.05, 0.1) is 6.54 Å². The molecular weight excluding hydrogens is 168 g/mol. The molecule has 13 heavy (non-hydrogen) atoms. The fourth-order valence-corrected chi connectivity index (χ4v) is 1.16. The van der Waals surface area contributed by atoms with E-state index < -0.39 is 0 Å². The molecule has 0 aromatic carbocycles. The lowest BCUT2D eigenvalue weighted by Gasteiger charge is -1.99. The number of pyridine rings is 1. The van der Waals surface area contributed by atoms with Crippen LogP contribution >= 0.6 is 0 Å². The number of nitrogens with two attached hydrogens (primary N) is 1. The fraction of sp³-hybridized carbons (Fsp3) is 0.125. The number of hydrogen-bond acceptors (Lipinski definition) is 4. The van der Waals surface area contributed by atoms with Gasteiger partial charge in [-0.3, -0.25) is 4.79 Å². The minimum absolute atomic E-state index is 0.0149. The maximum atomic E-state index is 11.3. The van der Waals surface area contributed by atoms with Gasteiger partial charge in [-0.1, -0.05) is 6.07 Å². The molecule has 2 aromatic heterocycles. The third kappa shape index (κ3) is 1.19. The van der Waals surface area contributed by atoms with Crippen molar-refractivity contribution in [2.24, 2.45) is 5.73 Å². The van der Waals surface area contributed by atoms with Crippen LogP contribution in [0, 0.1) is 0 Å². The molecule has 66 valence electrons. The van der Waals surface area contributed by atoms with E-state index in [0.717, 1.165) is 0 Å². The van der Waals surface area contributed by atoms with Crippen LogP contribution in [0.25, 0.3) is 5.65 Å². The standard InChI is InChI=1S/C8H8N4O/c9-4-7(13)6-2-1-3-8-10-5-11-12(6)8/h1-3,5H,4,9H2. The van der Waals surface area contributed by atoms with E-state index in [1.54, 1.807) is 18.2 Å². The molecule has 0 spiro atoms. The Kier molecular flexibility index (Phi) is 1.79. The molecule has 2 N–H and O–H groups in total. The minimum Gasteiger partial charge on any atom is -0.324 e. The van der Waals surface area contributed by atoms with Gasteiger partial charge in [0.1, 0.15) is 12.0 Å². The predicted octanol–water partition coefficient (Wildman–Crippen LogP) is -0.129. The van der Waals surface area contributed by atoms with Crippen LogP contribution in [0.1, 0.15) is 10.5 Å². The fourth-order valence-electron chi connectivity index (χ4n) is 1.16. The number of aromatic nitrogens is 3. The SMILES string of the molecule is NCC(=O)c1cccc2ncnn12. The first-order valence-corrected chi connectivity index (χ1v) is 3.85. The van der Waals surface area contributed by atoms with Crippen molar-refractivity contribution < 1.29 is 4.79 Å². The number of hydrogen-bond donors (Lipinski definition) is 1. The summed E-state index contributed by atoms with van der Waals surface area (Å²) in [4.78, 5) is 15.3. The molecule has 0 bridgehead atoms. The molecule has 2 heterocycles. The first-order valence-electron chi connectivity index (χ1n) is 3.85. The maximum absolute atomic E-state index is 11.3. The number of carbonyl (C=O) groups excluding carboxylic acids is 1. The summed E-state index contributed by atoms with van der Waals surface area (Å²) in [5.41, 5.74) is 6.37. The van der Waals surface area contributed by atoms with Gasteiger partial charge < -0.3 is 5.73 Å². The van der Waals surface area contributed by atoms with E-state index in [0.29, 0.717) is 11.3 Å². The second-order valence-corrected chi connectivity index (χ2v) is 2.57. The van der Waals surface area contributed by atoms with Crippen molar-refractivity contribution in [2.45, 2.75) is 0 Å². The molecule has 2 aromatic rings. The van der Waals surface area contributed by atoms with Crippen LogP contribution < -0.4 is 5.73 Å². The number of carbonyl (C=O) groups is 1. The summed E-state index contributed by atoms with van der Waals surface area (Å²) in [6, 6.07) is 5.21. The highest BCUT2D eigenvalue weighted by Gasteiger charge is 2.08. The summed E-state index contributed by atoms with van der Waals surface area (Å²) in [5, 5.41) is 3.92. The van der Waals surface area contributed by atoms with Crippen molar-refractivity contribution in [1.29, 1.82) is 0 Å². The molecule has 0 aliphatic heterocycles. The molecule has 0 aliphatic carbocycles. The zero-order chi connectivity index (χ0) is 9.26. The van der Waals surface area contributed by atoms with Crippen LogP contribution in [0.5, 0.6) is 0 Å². The Hall–Kier alpha value is -1.75. The Morgan fingerprint density at radius 2 is 2.38 bits per heavy atom. The topological polar surface area (TPSA) is 73.3 Å². The maximum Gasteiger partial charge on any atom is 0.194 e. The normalized spacial score (nSPS) is 10.5. The van der Waals surface area contributed by atoms with Crippen LogP contribution in [0.15, 0.2) is 24.5 Å². The molecule has 0 fully saturated rings. The first kappa shape index (κ1) is 7.88. The van der Waals surface area contributed by atoms with Crippen LogP contribution in [0.4, 0.5) is 0 Å². The Labute approximate surface area is 74.2 Å². The molecule has 0 saturated carbocycles. The molecule has 0 radical (unpaired) electrons. The molecule has 0 aliphatic rings. The van der Waals surface area contributed by atoms with E-state index in [1.807, 2.05) is 0 Å². The zero-order valence-electron chi connectivity index (χ0n) is 6.84. The van der Waals surface area contributed by atoms with Crippen LogP contribution in [0.2, 0.25) is 0 Å². The molecule has 5 heteroatoms. The molecule has 5 nitrogen and oxygen atoms in total. The van der Waals surface area contributed by atoms with Crippen molar-refractivity contribution >= 4 is 11.4 Å². The van der Waals surface area contributed by atoms with Gasteiger partial charge >= 0.3 is 0 Å². The molecule has 0 amide bonds. The van der Waals surface area contributed by atoms with Gasteiger partial charge in [-0.05, 0) is 12.1 Å². The van der Waals surface area contributed by atoms with E-state index in [2.05, 4.69) is 10.1 Å². The Balaban J connectivity index is 2.67. The van der Waals surface area contributed by atoms with Crippen LogP contribution in [-0.4, -0.2) is 26.9 Å². The molecule has 0 unspecified atom stereocenters. The predicted molar refractivity (Wildman–Crippen MR) is 46.4 cm³/mol. The van der Waals surface area contributed by atoms with E-state index in [-0.39, 0.29) is 12.3 Å². The molecule has 0 atom stereocenters. The van der Waals surface area contributed by atoms with Crippen LogP contribution in [-0.2, 0) is 0 Å². The van der Waals surface area contributed by atoms with E-state index in [4.69, 9.17) is 5.73 Å². The number of rotatable bonds is 2. The Morgan fingerprint density at radius 3 is 3.15 bits per heavy atom. The van der Waals surface area contributed by atoms with Gasteiger partial charge in [0.15, 0.2) is 11.4 Å². The third-order valence-corrected chi connectivity index (χ3v) is 1.77. The van der Waals surface area contributed by atoms with Crippen molar-refractivity contribution in [1.82, 2.24) is 14.6 Å². The van der Waals surface area contributed by atoms with Gasteiger partial charge in [0.2, 0.25) is 0 Å². The third-order valence-electron chi connectivity index (χ3n) is 1.77. The van der Waals surface area contributed by atoms with Gasteiger partial charge in [0, 0.05) is 0 Å². The van der Waals surface area contributed by atoms with Crippen molar-refractivity contribution in [2.75, 3.05) is 6.54 Å². The first-order chi connectivity index (χ1) is 6.33. The average molecular weight is 176 g/mol. The monoisotopic (exact) mass is 176 g/mol. The summed E-state index contributed by atoms with van der Waals surface area (Å²) in [6.07, 6.45) is 1.41. The van der Waals surface area contributed by atoms with E-state index in [1.165, 1.54) is 10.8 Å². The quantitative estimate of drug-likeness (QED) is 0.647. The highest BCUT2D eigenvalue weighted by atomic mass is 16.1. The lowest BCUT2D eigenvalue weighted by Crippen LogP contribution is -2.17. The van der Waals surface area contributed by atoms with E-state index in [9.17, 15) is 4.79 Å². The second-order valence-electron chi connectivity index (χ2n) is 2.57. The number of Topliss-reactive ketones (excluding diaryl/α,β-unsaturated/α-hetero) is 1. The summed E-state index contributed by atoms with van der Waals surface area (Å²) in [5.74, 6) is -0.142. The summed E-state index contributed by atoms with van der Waals surface area (Å²) >= 11 is 0. The second kappa shape index (κ2) is 2.95. The lowest BCUT2D eigenvalue weighted by molar-refractivity contribution is 0.0994. The molecular formula is C8H8N4O. The average Bonchev–Trinajstić information content (AvgIpc) is 2.63. The van der Waals surface area contributed by atoms with Crippen molar-refractivity contribution in [3.05, 3.63) is 30.2 Å². The molecule has 2 rings (SSSR count).